The first-order chi connectivity index (χ1) is 13.9. The maximum absolute atomic E-state index is 13.3. The van der Waals surface area contributed by atoms with Gasteiger partial charge in [-0.1, -0.05) is 30.7 Å². The average molecular weight is 404 g/mol. The van der Waals surface area contributed by atoms with Gasteiger partial charge in [-0.3, -0.25) is 9.78 Å². The lowest BCUT2D eigenvalue weighted by Gasteiger charge is -2.37. The van der Waals surface area contributed by atoms with Gasteiger partial charge in [-0.15, -0.1) is 0 Å². The second-order valence-corrected chi connectivity index (χ2v) is 7.66. The molecule has 1 saturated carbocycles. The third-order valence-electron chi connectivity index (χ3n) is 5.69. The number of carbonyl (C=O) groups is 1. The second-order valence-electron chi connectivity index (χ2n) is 7.66. The fraction of sp³-hybridized carbons (Fsp3) is 0.455. The van der Waals surface area contributed by atoms with Crippen LogP contribution in [0.3, 0.4) is 0 Å². The van der Waals surface area contributed by atoms with E-state index in [0.717, 1.165) is 25.3 Å². The van der Waals surface area contributed by atoms with Crippen LogP contribution in [0.1, 0.15) is 47.9 Å². The van der Waals surface area contributed by atoms with Crippen molar-refractivity contribution < 1.29 is 22.7 Å². The number of ether oxygens (including phenoxy) is 1. The molecule has 4 nitrogen and oxygen atoms in total. The second kappa shape index (κ2) is 8.14. The van der Waals surface area contributed by atoms with Gasteiger partial charge in [-0.25, -0.2) is 0 Å². The van der Waals surface area contributed by atoms with Crippen LogP contribution in [0.25, 0.3) is 0 Å². The number of nitrogens with zero attached hydrogens (tertiary/aromatic N) is 2. The van der Waals surface area contributed by atoms with Crippen molar-refractivity contribution >= 4 is 5.91 Å². The Morgan fingerprint density at radius 2 is 1.93 bits per heavy atom. The molecule has 1 saturated heterocycles. The minimum absolute atomic E-state index is 0.0843. The van der Waals surface area contributed by atoms with Gasteiger partial charge in [0.05, 0.1) is 24.4 Å². The largest absolute Gasteiger partial charge is 0.416 e. The summed E-state index contributed by atoms with van der Waals surface area (Å²) in [6.07, 6.45) is -1.66. The van der Waals surface area contributed by atoms with Gasteiger partial charge >= 0.3 is 6.18 Å². The first-order valence-corrected chi connectivity index (χ1v) is 9.93. The lowest BCUT2D eigenvalue weighted by molar-refractivity contribution is -0.146. The van der Waals surface area contributed by atoms with Gasteiger partial charge < -0.3 is 9.64 Å². The van der Waals surface area contributed by atoms with E-state index in [0.29, 0.717) is 31.1 Å². The van der Waals surface area contributed by atoms with Crippen molar-refractivity contribution in [2.75, 3.05) is 19.7 Å². The number of carbonyl (C=O) groups excluding carboxylic acids is 1. The van der Waals surface area contributed by atoms with E-state index < -0.39 is 11.7 Å². The molecule has 0 radical (unpaired) electrons. The van der Waals surface area contributed by atoms with Crippen LogP contribution in [0.15, 0.2) is 42.5 Å². The molecule has 1 aromatic heterocycles. The number of amides is 1. The summed E-state index contributed by atoms with van der Waals surface area (Å²) >= 11 is 0. The van der Waals surface area contributed by atoms with Crippen LogP contribution in [0.4, 0.5) is 13.2 Å². The Morgan fingerprint density at radius 3 is 2.66 bits per heavy atom. The van der Waals surface area contributed by atoms with Crippen molar-refractivity contribution in [1.82, 2.24) is 9.88 Å². The van der Waals surface area contributed by atoms with Crippen molar-refractivity contribution in [3.8, 4) is 0 Å². The summed E-state index contributed by atoms with van der Waals surface area (Å²) in [6, 6.07) is 10.9. The van der Waals surface area contributed by atoms with E-state index in [1.807, 2.05) is 4.90 Å². The smallest absolute Gasteiger partial charge is 0.368 e. The molecule has 0 bridgehead atoms. The first-order valence-electron chi connectivity index (χ1n) is 9.93. The van der Waals surface area contributed by atoms with Gasteiger partial charge in [0.1, 0.15) is 6.10 Å². The number of pyridine rings is 1. The van der Waals surface area contributed by atoms with E-state index in [1.54, 1.807) is 24.3 Å². The highest BCUT2D eigenvalue weighted by molar-refractivity contribution is 5.79. The molecule has 0 N–H and O–H groups in total. The van der Waals surface area contributed by atoms with E-state index in [4.69, 9.17) is 4.74 Å². The van der Waals surface area contributed by atoms with Gasteiger partial charge in [0.2, 0.25) is 5.91 Å². The molecule has 1 amide bonds. The number of halogens is 3. The summed E-state index contributed by atoms with van der Waals surface area (Å²) in [5, 5.41) is 0. The van der Waals surface area contributed by atoms with Crippen molar-refractivity contribution in [3.63, 3.8) is 0 Å². The van der Waals surface area contributed by atoms with Crippen molar-refractivity contribution in [1.29, 1.82) is 0 Å². The number of benzene rings is 1. The van der Waals surface area contributed by atoms with Crippen LogP contribution in [0.5, 0.6) is 0 Å². The molecule has 1 atom stereocenters. The SMILES string of the molecule is O=C(C1CCC1)N1CCOC(c2cccc(Cc3ccccc3C(F)(F)F)n2)C1. The molecule has 1 unspecified atom stereocenters. The quantitative estimate of drug-likeness (QED) is 0.759. The molecule has 0 spiro atoms. The van der Waals surface area contributed by atoms with Crippen LogP contribution in [0, 0.1) is 5.92 Å². The molecule has 29 heavy (non-hydrogen) atoms. The molecule has 154 valence electrons. The van der Waals surface area contributed by atoms with E-state index >= 15 is 0 Å². The Bertz CT molecular complexity index is 880. The normalized spacial score (nSPS) is 20.4. The monoisotopic (exact) mass is 404 g/mol. The molecular weight excluding hydrogens is 381 g/mol. The fourth-order valence-electron chi connectivity index (χ4n) is 3.86. The minimum atomic E-state index is -4.40. The number of morpholine rings is 1. The average Bonchev–Trinajstić information content (AvgIpc) is 2.66. The van der Waals surface area contributed by atoms with Crippen molar-refractivity contribution in [2.24, 2.45) is 5.92 Å². The highest BCUT2D eigenvalue weighted by Crippen LogP contribution is 2.33. The van der Waals surface area contributed by atoms with Gasteiger partial charge in [0.25, 0.3) is 0 Å². The Kier molecular flexibility index (Phi) is 5.58. The zero-order chi connectivity index (χ0) is 20.4. The van der Waals surface area contributed by atoms with Gasteiger partial charge in [-0.2, -0.15) is 13.2 Å². The molecule has 4 rings (SSSR count). The summed E-state index contributed by atoms with van der Waals surface area (Å²) < 4.78 is 45.6. The number of aromatic nitrogens is 1. The Balaban J connectivity index is 1.50. The highest BCUT2D eigenvalue weighted by atomic mass is 19.4. The molecule has 2 aliphatic rings. The van der Waals surface area contributed by atoms with Gasteiger partial charge in [-0.05, 0) is 36.6 Å². The third kappa shape index (κ3) is 4.45. The van der Waals surface area contributed by atoms with Crippen LogP contribution in [-0.4, -0.2) is 35.5 Å². The lowest BCUT2D eigenvalue weighted by Crippen LogP contribution is -2.46. The molecule has 2 heterocycles. The Labute approximate surface area is 167 Å². The lowest BCUT2D eigenvalue weighted by atomic mass is 9.84. The molecular formula is C22H23F3N2O2. The molecule has 2 aromatic rings. The third-order valence-corrected chi connectivity index (χ3v) is 5.69. The zero-order valence-corrected chi connectivity index (χ0v) is 16.0. The molecule has 2 fully saturated rings. The Morgan fingerprint density at radius 1 is 1.14 bits per heavy atom. The van der Waals surface area contributed by atoms with E-state index in [-0.39, 0.29) is 29.9 Å². The van der Waals surface area contributed by atoms with Crippen molar-refractivity contribution in [3.05, 3.63) is 65.0 Å². The summed E-state index contributed by atoms with van der Waals surface area (Å²) in [5.74, 6) is 0.312. The van der Waals surface area contributed by atoms with E-state index in [9.17, 15) is 18.0 Å². The van der Waals surface area contributed by atoms with Gasteiger partial charge in [0, 0.05) is 24.6 Å². The zero-order valence-electron chi connectivity index (χ0n) is 16.0. The van der Waals surface area contributed by atoms with Gasteiger partial charge in [0.15, 0.2) is 0 Å². The summed E-state index contributed by atoms with van der Waals surface area (Å²) in [5.41, 5.74) is 0.748. The maximum Gasteiger partial charge on any atom is 0.416 e. The van der Waals surface area contributed by atoms with Crippen LogP contribution < -0.4 is 0 Å². The predicted octanol–water partition coefficient (Wildman–Crippen LogP) is 4.39. The summed E-state index contributed by atoms with van der Waals surface area (Å²) in [7, 11) is 0. The summed E-state index contributed by atoms with van der Waals surface area (Å²) in [6.45, 7) is 1.45. The van der Waals surface area contributed by atoms with E-state index in [2.05, 4.69) is 4.98 Å². The summed E-state index contributed by atoms with van der Waals surface area (Å²) in [4.78, 5) is 18.9. The molecule has 1 aliphatic heterocycles. The first kappa shape index (κ1) is 19.9. The maximum atomic E-state index is 13.3. The number of hydrogen-bond acceptors (Lipinski definition) is 3. The molecule has 1 aliphatic carbocycles. The topological polar surface area (TPSA) is 42.4 Å². The van der Waals surface area contributed by atoms with Crippen LogP contribution >= 0.6 is 0 Å². The molecule has 1 aromatic carbocycles. The van der Waals surface area contributed by atoms with Crippen LogP contribution in [-0.2, 0) is 22.1 Å². The molecule has 7 heteroatoms. The fourth-order valence-corrected chi connectivity index (χ4v) is 3.86. The Hall–Kier alpha value is -2.41. The number of rotatable bonds is 4. The van der Waals surface area contributed by atoms with Crippen molar-refractivity contribution in [2.45, 2.75) is 38.0 Å². The minimum Gasteiger partial charge on any atom is -0.368 e. The number of alkyl halides is 3. The number of hydrogen-bond donors (Lipinski definition) is 0. The van der Waals surface area contributed by atoms with E-state index in [1.165, 1.54) is 12.1 Å². The highest BCUT2D eigenvalue weighted by Gasteiger charge is 2.34. The van der Waals surface area contributed by atoms with Crippen LogP contribution in [0.2, 0.25) is 0 Å². The predicted molar refractivity (Wildman–Crippen MR) is 101 cm³/mol. The standard InChI is InChI=1S/C22H23F3N2O2/c23-22(24,25)18-9-2-1-5-16(18)13-17-8-4-10-19(26-17)20-14-27(11-12-29-20)21(28)15-6-3-7-15/h1-2,4-5,8-10,15,20H,3,6-7,11-14H2.